The number of carbonyl (C=O) groups excluding carboxylic acids is 3. The van der Waals surface area contributed by atoms with Gasteiger partial charge in [0.25, 0.3) is 0 Å². The number of carbonyl (C=O) groups is 3. The lowest BCUT2D eigenvalue weighted by Crippen LogP contribution is -2.34. The van der Waals surface area contributed by atoms with Crippen molar-refractivity contribution in [3.63, 3.8) is 0 Å². The van der Waals surface area contributed by atoms with E-state index in [1.165, 1.54) is 12.8 Å². The first-order valence-electron chi connectivity index (χ1n) is 22.0. The third-order valence-corrected chi connectivity index (χ3v) is 10.7. The highest BCUT2D eigenvalue weighted by Gasteiger charge is 2.18. The van der Waals surface area contributed by atoms with Gasteiger partial charge >= 0.3 is 18.3 Å². The fraction of sp³-hybridized carbons (Fsp3) is 0.562. The van der Waals surface area contributed by atoms with Crippen molar-refractivity contribution in [2.45, 2.75) is 135 Å². The first kappa shape index (κ1) is 45.2. The van der Waals surface area contributed by atoms with Crippen molar-refractivity contribution in [1.82, 2.24) is 14.7 Å². The second-order valence-electron chi connectivity index (χ2n) is 15.4. The number of ether oxygens (including phenoxy) is 3. The molecule has 0 saturated carbocycles. The topological polar surface area (TPSA) is 88.6 Å². The molecule has 0 unspecified atom stereocenters. The summed E-state index contributed by atoms with van der Waals surface area (Å²) in [5.74, 6) is 0. The Morgan fingerprint density at radius 1 is 0.316 bits per heavy atom. The summed E-state index contributed by atoms with van der Waals surface area (Å²) in [5, 5.41) is 0. The van der Waals surface area contributed by atoms with Crippen molar-refractivity contribution >= 4 is 18.3 Å². The quantitative estimate of drug-likeness (QED) is 0.231. The average molecular weight is 784 g/mol. The highest BCUT2D eigenvalue weighted by molar-refractivity contribution is 5.68. The van der Waals surface area contributed by atoms with Crippen molar-refractivity contribution in [2.75, 3.05) is 39.3 Å². The van der Waals surface area contributed by atoms with E-state index in [1.807, 2.05) is 106 Å². The molecule has 4 rings (SSSR count). The Hall–Kier alpha value is -4.53. The van der Waals surface area contributed by atoms with Crippen LogP contribution in [0.3, 0.4) is 0 Å². The monoisotopic (exact) mass is 784 g/mol. The predicted molar refractivity (Wildman–Crippen MR) is 228 cm³/mol. The Kier molecular flexibility index (Phi) is 22.8. The zero-order chi connectivity index (χ0) is 40.0. The van der Waals surface area contributed by atoms with Gasteiger partial charge in [-0.1, -0.05) is 168 Å². The molecule has 312 valence electrons. The molecule has 1 aliphatic rings. The van der Waals surface area contributed by atoms with E-state index in [9.17, 15) is 14.4 Å². The van der Waals surface area contributed by atoms with Crippen LogP contribution in [0.2, 0.25) is 0 Å². The summed E-state index contributed by atoms with van der Waals surface area (Å²) in [6.45, 7) is 5.00. The molecule has 3 amide bonds. The van der Waals surface area contributed by atoms with Gasteiger partial charge in [0.15, 0.2) is 0 Å². The smallest absolute Gasteiger partial charge is 0.410 e. The van der Waals surface area contributed by atoms with Gasteiger partial charge in [-0.2, -0.15) is 0 Å². The standard InChI is InChI=1S/C48H69N3O6/c52-46(55-40-43-28-16-13-17-29-43)49-34-22-7-3-1-2-4-8-23-35-50(47(53)56-41-44-30-18-14-19-31-44)37-25-10-6-12-27-39-51(38-26-11-5-9-24-36-49)48(54)57-42-45-32-20-15-21-33-45/h13-21,28-33H,1-12,22-27,34-42H2. The minimum absolute atomic E-state index is 0.231. The van der Waals surface area contributed by atoms with Gasteiger partial charge in [-0.05, 0) is 55.2 Å². The summed E-state index contributed by atoms with van der Waals surface area (Å²) < 4.78 is 17.2. The molecule has 0 aliphatic carbocycles. The van der Waals surface area contributed by atoms with Crippen LogP contribution in [0.5, 0.6) is 0 Å². The second kappa shape index (κ2) is 28.8. The van der Waals surface area contributed by atoms with Gasteiger partial charge in [-0.15, -0.1) is 0 Å². The summed E-state index contributed by atoms with van der Waals surface area (Å²) in [4.78, 5) is 45.3. The molecule has 0 bridgehead atoms. The molecular formula is C48H69N3O6. The lowest BCUT2D eigenvalue weighted by Gasteiger charge is -2.23. The van der Waals surface area contributed by atoms with Crippen molar-refractivity contribution < 1.29 is 28.6 Å². The molecule has 0 aromatic heterocycles. The van der Waals surface area contributed by atoms with Crippen LogP contribution < -0.4 is 0 Å². The van der Waals surface area contributed by atoms with Crippen molar-refractivity contribution in [3.05, 3.63) is 108 Å². The predicted octanol–water partition coefficient (Wildman–Crippen LogP) is 11.9. The minimum Gasteiger partial charge on any atom is -0.445 e. The molecule has 9 heteroatoms. The van der Waals surface area contributed by atoms with Crippen LogP contribution in [0.4, 0.5) is 14.4 Å². The fourth-order valence-corrected chi connectivity index (χ4v) is 7.25. The van der Waals surface area contributed by atoms with Gasteiger partial charge in [0.2, 0.25) is 0 Å². The molecule has 1 heterocycles. The number of hydrogen-bond donors (Lipinski definition) is 0. The van der Waals surface area contributed by atoms with Crippen LogP contribution in [-0.2, 0) is 34.0 Å². The second-order valence-corrected chi connectivity index (χ2v) is 15.4. The van der Waals surface area contributed by atoms with Crippen molar-refractivity contribution in [2.24, 2.45) is 0 Å². The van der Waals surface area contributed by atoms with Crippen LogP contribution >= 0.6 is 0 Å². The summed E-state index contributed by atoms with van der Waals surface area (Å²) >= 11 is 0. The van der Waals surface area contributed by atoms with Crippen LogP contribution in [0.15, 0.2) is 91.0 Å². The Morgan fingerprint density at radius 3 is 0.719 bits per heavy atom. The Balaban J connectivity index is 1.30. The number of amides is 3. The zero-order valence-electron chi connectivity index (χ0n) is 34.5. The molecule has 1 saturated heterocycles. The van der Waals surface area contributed by atoms with E-state index in [2.05, 4.69) is 0 Å². The first-order valence-corrected chi connectivity index (χ1v) is 22.0. The lowest BCUT2D eigenvalue weighted by molar-refractivity contribution is 0.0939. The molecule has 0 atom stereocenters. The Labute approximate surface area is 343 Å². The van der Waals surface area contributed by atoms with Gasteiger partial charge in [0.05, 0.1) is 0 Å². The van der Waals surface area contributed by atoms with Crippen LogP contribution in [0.1, 0.15) is 132 Å². The molecule has 9 nitrogen and oxygen atoms in total. The zero-order valence-corrected chi connectivity index (χ0v) is 34.5. The fourth-order valence-electron chi connectivity index (χ4n) is 7.25. The maximum absolute atomic E-state index is 13.2. The number of nitrogens with zero attached hydrogens (tertiary/aromatic N) is 3. The van der Waals surface area contributed by atoms with Crippen LogP contribution in [0.25, 0.3) is 0 Å². The van der Waals surface area contributed by atoms with Gasteiger partial charge in [-0.25, -0.2) is 14.4 Å². The summed E-state index contributed by atoms with van der Waals surface area (Å²) in [6.07, 6.45) is 18.0. The Morgan fingerprint density at radius 2 is 0.509 bits per heavy atom. The maximum Gasteiger partial charge on any atom is 0.410 e. The molecule has 0 N–H and O–H groups in total. The molecule has 1 aliphatic heterocycles. The molecule has 0 spiro atoms. The maximum atomic E-state index is 13.2. The van der Waals surface area contributed by atoms with Gasteiger partial charge in [-0.3, -0.25) is 0 Å². The first-order chi connectivity index (χ1) is 28.1. The van der Waals surface area contributed by atoms with E-state index >= 15 is 0 Å². The van der Waals surface area contributed by atoms with E-state index in [4.69, 9.17) is 14.2 Å². The molecule has 1 fully saturated rings. The number of benzene rings is 3. The SMILES string of the molecule is O=C(OCc1ccccc1)N1CCCCCCCCCCN(C(=O)OCc2ccccc2)CCCCCCCN(C(=O)OCc2ccccc2)CCCCCCC1. The number of rotatable bonds is 6. The van der Waals surface area contributed by atoms with Gasteiger partial charge < -0.3 is 28.9 Å². The summed E-state index contributed by atoms with van der Waals surface area (Å²) in [6, 6.07) is 29.5. The highest BCUT2D eigenvalue weighted by atomic mass is 16.6. The van der Waals surface area contributed by atoms with E-state index < -0.39 is 0 Å². The largest absolute Gasteiger partial charge is 0.445 e. The van der Waals surface area contributed by atoms with Gasteiger partial charge in [0.1, 0.15) is 19.8 Å². The van der Waals surface area contributed by atoms with E-state index in [1.54, 1.807) is 0 Å². The van der Waals surface area contributed by atoms with Crippen LogP contribution in [-0.4, -0.2) is 72.2 Å². The average Bonchev–Trinajstić information content (AvgIpc) is 3.24. The molecular weight excluding hydrogens is 715 g/mol. The Bertz CT molecular complexity index is 1410. The third kappa shape index (κ3) is 19.9. The number of hydrogen-bond acceptors (Lipinski definition) is 6. The minimum atomic E-state index is -0.253. The molecule has 3 aromatic rings. The van der Waals surface area contributed by atoms with Gasteiger partial charge in [0, 0.05) is 39.3 Å². The molecule has 0 radical (unpaired) electrons. The highest BCUT2D eigenvalue weighted by Crippen LogP contribution is 2.15. The van der Waals surface area contributed by atoms with E-state index in [0.29, 0.717) is 39.3 Å². The lowest BCUT2D eigenvalue weighted by atomic mass is 10.1. The third-order valence-electron chi connectivity index (χ3n) is 10.7. The summed E-state index contributed by atoms with van der Waals surface area (Å²) in [5.41, 5.74) is 2.97. The molecule has 57 heavy (non-hydrogen) atoms. The van der Waals surface area contributed by atoms with Crippen LogP contribution in [0, 0.1) is 0 Å². The van der Waals surface area contributed by atoms with E-state index in [-0.39, 0.29) is 38.1 Å². The normalized spacial score (nSPS) is 17.2. The summed E-state index contributed by atoms with van der Waals surface area (Å²) in [7, 11) is 0. The van der Waals surface area contributed by atoms with Crippen molar-refractivity contribution in [1.29, 1.82) is 0 Å². The van der Waals surface area contributed by atoms with Crippen molar-refractivity contribution in [3.8, 4) is 0 Å². The van der Waals surface area contributed by atoms with E-state index in [0.717, 1.165) is 119 Å². The molecule has 3 aromatic carbocycles.